The second-order valence-electron chi connectivity index (χ2n) is 11.9. The summed E-state index contributed by atoms with van der Waals surface area (Å²) in [5.74, 6) is -4.36. The van der Waals surface area contributed by atoms with E-state index in [-0.39, 0.29) is 5.69 Å². The van der Waals surface area contributed by atoms with E-state index in [9.17, 15) is 25.5 Å². The molecular formula is C44H36N2O5. The topological polar surface area (TPSA) is 118 Å². The number of nitrogens with zero attached hydrogens (tertiary/aromatic N) is 1. The van der Waals surface area contributed by atoms with Gasteiger partial charge in [-0.3, -0.25) is 0 Å². The first-order valence-corrected chi connectivity index (χ1v) is 16.7. The summed E-state index contributed by atoms with van der Waals surface area (Å²) < 4.78 is 1.55. The molecule has 252 valence electrons. The van der Waals surface area contributed by atoms with Crippen molar-refractivity contribution in [3.63, 3.8) is 0 Å². The largest absolute Gasteiger partial charge is 0.503 e. The van der Waals surface area contributed by atoms with E-state index in [0.29, 0.717) is 11.0 Å². The van der Waals surface area contributed by atoms with Crippen LogP contribution in [0, 0.1) is 0 Å². The monoisotopic (exact) mass is 672 g/mol. The minimum Gasteiger partial charge on any atom is -0.503 e. The fourth-order valence-corrected chi connectivity index (χ4v) is 6.45. The standard InChI is InChI=1S/C42H30N2O5.C2H6/c45-38-37(39(46)41(48)42(49)40(38)47)44-35-12-5-4-11-33(35)34-24-30(17-22-36(34)44)27-15-20-32(21-16-27)43-31-18-13-26(14-19-31)29-10-6-9-28(23-29)25-7-2-1-3-8-25;1-2/h1-24,43,45-49H;1-2H3. The number of fused-ring (bicyclic) bond motifs is 3. The number of phenolic OH excluding ortho intramolecular Hbond substituents is 5. The molecule has 0 aliphatic rings. The molecule has 0 saturated carbocycles. The quantitative estimate of drug-likeness (QED) is 0.0773. The fraction of sp³-hybridized carbons (Fsp3) is 0.0455. The van der Waals surface area contributed by atoms with Crippen LogP contribution in [0.25, 0.3) is 60.9 Å². The van der Waals surface area contributed by atoms with Crippen LogP contribution in [0.3, 0.4) is 0 Å². The molecule has 0 radical (unpaired) electrons. The summed E-state index contributed by atoms with van der Waals surface area (Å²) in [5.41, 5.74) is 9.53. The van der Waals surface area contributed by atoms with Crippen molar-refractivity contribution in [2.45, 2.75) is 13.8 Å². The Labute approximate surface area is 295 Å². The Morgan fingerprint density at radius 1 is 0.373 bits per heavy atom. The van der Waals surface area contributed by atoms with Gasteiger partial charge in [-0.15, -0.1) is 0 Å². The SMILES string of the molecule is CC.Oc1c(O)c(O)c(-n2c3ccccc3c3cc(-c4ccc(Nc5ccc(-c6cccc(-c7ccccc7)c6)cc5)cc4)ccc32)c(O)c1O. The number of para-hydroxylation sites is 1. The van der Waals surface area contributed by atoms with Crippen molar-refractivity contribution in [1.29, 1.82) is 0 Å². The van der Waals surface area contributed by atoms with Gasteiger partial charge >= 0.3 is 0 Å². The first kappa shape index (κ1) is 32.7. The Hall–Kier alpha value is -6.86. The predicted molar refractivity (Wildman–Crippen MR) is 206 cm³/mol. The van der Waals surface area contributed by atoms with Crippen molar-refractivity contribution in [2.24, 2.45) is 0 Å². The van der Waals surface area contributed by atoms with Crippen LogP contribution in [0.1, 0.15) is 13.8 Å². The van der Waals surface area contributed by atoms with E-state index in [1.54, 1.807) is 4.57 Å². The van der Waals surface area contributed by atoms with Crippen LogP contribution < -0.4 is 5.32 Å². The van der Waals surface area contributed by atoms with Gasteiger partial charge in [-0.1, -0.05) is 111 Å². The average Bonchev–Trinajstić information content (AvgIpc) is 3.51. The van der Waals surface area contributed by atoms with Gasteiger partial charge < -0.3 is 35.4 Å². The Bertz CT molecular complexity index is 2480. The fourth-order valence-electron chi connectivity index (χ4n) is 6.45. The highest BCUT2D eigenvalue weighted by Gasteiger charge is 2.27. The molecule has 0 atom stereocenters. The molecule has 0 fully saturated rings. The normalized spacial score (nSPS) is 10.9. The first-order chi connectivity index (χ1) is 24.9. The van der Waals surface area contributed by atoms with Gasteiger partial charge in [-0.25, -0.2) is 0 Å². The van der Waals surface area contributed by atoms with Crippen molar-refractivity contribution in [3.8, 4) is 67.8 Å². The van der Waals surface area contributed by atoms with Gasteiger partial charge in [0.15, 0.2) is 11.5 Å². The summed E-state index contributed by atoms with van der Waals surface area (Å²) in [6.45, 7) is 4.00. The lowest BCUT2D eigenvalue weighted by molar-refractivity contribution is 0.327. The zero-order valence-electron chi connectivity index (χ0n) is 28.0. The summed E-state index contributed by atoms with van der Waals surface area (Å²) in [6.07, 6.45) is 0. The minimum absolute atomic E-state index is 0.240. The van der Waals surface area contributed by atoms with Gasteiger partial charge in [0, 0.05) is 22.1 Å². The van der Waals surface area contributed by atoms with E-state index in [2.05, 4.69) is 78.1 Å². The Kier molecular flexibility index (Phi) is 8.69. The number of hydrogen-bond acceptors (Lipinski definition) is 6. The molecule has 8 aromatic rings. The van der Waals surface area contributed by atoms with Crippen molar-refractivity contribution < 1.29 is 25.5 Å². The number of nitrogens with one attached hydrogen (secondary N) is 1. The number of aromatic nitrogens is 1. The van der Waals surface area contributed by atoms with E-state index in [0.717, 1.165) is 44.4 Å². The third-order valence-corrected chi connectivity index (χ3v) is 8.94. The maximum absolute atomic E-state index is 10.7. The summed E-state index contributed by atoms with van der Waals surface area (Å²) in [7, 11) is 0. The van der Waals surface area contributed by atoms with Gasteiger partial charge in [0.05, 0.1) is 11.0 Å². The molecule has 0 amide bonds. The molecule has 0 aliphatic carbocycles. The summed E-state index contributed by atoms with van der Waals surface area (Å²) in [6, 6.07) is 48.7. The molecule has 7 aromatic carbocycles. The lowest BCUT2D eigenvalue weighted by atomic mass is 9.99. The molecule has 0 unspecified atom stereocenters. The number of benzene rings is 7. The molecule has 1 aromatic heterocycles. The van der Waals surface area contributed by atoms with E-state index in [1.165, 1.54) is 11.1 Å². The molecule has 51 heavy (non-hydrogen) atoms. The second-order valence-corrected chi connectivity index (χ2v) is 11.9. The maximum atomic E-state index is 10.7. The third-order valence-electron chi connectivity index (χ3n) is 8.94. The highest BCUT2D eigenvalue weighted by molar-refractivity contribution is 6.11. The van der Waals surface area contributed by atoms with E-state index in [4.69, 9.17) is 0 Å². The molecule has 8 rings (SSSR count). The molecule has 0 aliphatic heterocycles. The van der Waals surface area contributed by atoms with E-state index < -0.39 is 28.7 Å². The molecule has 0 bridgehead atoms. The Balaban J connectivity index is 0.00000200. The molecule has 6 N–H and O–H groups in total. The molecule has 7 nitrogen and oxygen atoms in total. The Morgan fingerprint density at radius 2 is 0.804 bits per heavy atom. The lowest BCUT2D eigenvalue weighted by Crippen LogP contribution is -1.96. The number of rotatable bonds is 6. The van der Waals surface area contributed by atoms with Crippen molar-refractivity contribution in [2.75, 3.05) is 5.32 Å². The minimum atomic E-state index is -0.999. The number of aromatic hydroxyl groups is 5. The number of anilines is 2. The first-order valence-electron chi connectivity index (χ1n) is 16.7. The van der Waals surface area contributed by atoms with Crippen LogP contribution in [0.2, 0.25) is 0 Å². The van der Waals surface area contributed by atoms with Gasteiger partial charge in [0.2, 0.25) is 17.2 Å². The van der Waals surface area contributed by atoms with Crippen LogP contribution in [0.4, 0.5) is 11.4 Å². The number of hydrogen-bond donors (Lipinski definition) is 6. The van der Waals surface area contributed by atoms with E-state index >= 15 is 0 Å². The van der Waals surface area contributed by atoms with Crippen molar-refractivity contribution in [3.05, 3.63) is 146 Å². The smallest absolute Gasteiger partial charge is 0.208 e. The molecular weight excluding hydrogens is 636 g/mol. The van der Waals surface area contributed by atoms with Crippen LogP contribution in [0.5, 0.6) is 28.7 Å². The van der Waals surface area contributed by atoms with Gasteiger partial charge in [0.1, 0.15) is 5.69 Å². The second kappa shape index (κ2) is 13.6. The molecule has 1 heterocycles. The molecule has 0 spiro atoms. The zero-order chi connectivity index (χ0) is 35.6. The maximum Gasteiger partial charge on any atom is 0.208 e. The lowest BCUT2D eigenvalue weighted by Gasteiger charge is -2.15. The Morgan fingerprint density at radius 3 is 1.39 bits per heavy atom. The van der Waals surface area contributed by atoms with E-state index in [1.807, 2.05) is 86.6 Å². The predicted octanol–water partition coefficient (Wildman–Crippen LogP) is 11.1. The molecule has 0 saturated heterocycles. The van der Waals surface area contributed by atoms with Gasteiger partial charge in [0.25, 0.3) is 0 Å². The summed E-state index contributed by atoms with van der Waals surface area (Å²) in [4.78, 5) is 0. The summed E-state index contributed by atoms with van der Waals surface area (Å²) >= 11 is 0. The number of phenols is 5. The van der Waals surface area contributed by atoms with Crippen molar-refractivity contribution in [1.82, 2.24) is 4.57 Å². The summed E-state index contributed by atoms with van der Waals surface area (Å²) in [5, 5.41) is 57.1. The highest BCUT2D eigenvalue weighted by Crippen LogP contribution is 2.54. The van der Waals surface area contributed by atoms with Crippen LogP contribution >= 0.6 is 0 Å². The van der Waals surface area contributed by atoms with Crippen LogP contribution in [-0.2, 0) is 0 Å². The highest BCUT2D eigenvalue weighted by atomic mass is 16.4. The van der Waals surface area contributed by atoms with Crippen LogP contribution in [-0.4, -0.2) is 30.1 Å². The van der Waals surface area contributed by atoms with Crippen molar-refractivity contribution >= 4 is 33.2 Å². The molecule has 7 heteroatoms. The van der Waals surface area contributed by atoms with Crippen LogP contribution in [0.15, 0.2) is 146 Å². The average molecular weight is 673 g/mol. The van der Waals surface area contributed by atoms with Gasteiger partial charge in [-0.05, 0) is 81.9 Å². The third kappa shape index (κ3) is 5.91. The van der Waals surface area contributed by atoms with Gasteiger partial charge in [-0.2, -0.15) is 0 Å². The zero-order valence-corrected chi connectivity index (χ0v) is 28.0.